The normalized spacial score (nSPS) is 20.1. The van der Waals surface area contributed by atoms with Gasteiger partial charge in [-0.2, -0.15) is 0 Å². The SMILES string of the molecule is O=C1OC(c2ccc3c(c2)OCO3)=N/C1=C/c1ccc(N2CCOCC2)s1. The molecule has 2 aromatic rings. The zero-order valence-electron chi connectivity index (χ0n) is 14.3. The molecule has 0 atom stereocenters. The lowest BCUT2D eigenvalue weighted by Gasteiger charge is -2.27. The Kier molecular flexibility index (Phi) is 4.06. The molecular weight excluding hydrogens is 368 g/mol. The van der Waals surface area contributed by atoms with Crippen molar-refractivity contribution < 1.29 is 23.7 Å². The Morgan fingerprint density at radius 3 is 2.81 bits per heavy atom. The van der Waals surface area contributed by atoms with Crippen molar-refractivity contribution in [2.45, 2.75) is 0 Å². The molecule has 4 heterocycles. The van der Waals surface area contributed by atoms with E-state index < -0.39 is 5.97 Å². The molecule has 0 spiro atoms. The highest BCUT2D eigenvalue weighted by atomic mass is 32.1. The molecule has 0 radical (unpaired) electrons. The van der Waals surface area contributed by atoms with E-state index in [9.17, 15) is 4.79 Å². The number of hydrogen-bond donors (Lipinski definition) is 0. The van der Waals surface area contributed by atoms with E-state index in [0.717, 1.165) is 36.2 Å². The first-order chi connectivity index (χ1) is 13.3. The first-order valence-corrected chi connectivity index (χ1v) is 9.43. The van der Waals surface area contributed by atoms with Crippen LogP contribution in [0.15, 0.2) is 41.0 Å². The third kappa shape index (κ3) is 3.17. The van der Waals surface area contributed by atoms with Gasteiger partial charge in [-0.15, -0.1) is 11.3 Å². The van der Waals surface area contributed by atoms with Crippen LogP contribution in [0.2, 0.25) is 0 Å². The Morgan fingerprint density at radius 2 is 1.93 bits per heavy atom. The highest BCUT2D eigenvalue weighted by Gasteiger charge is 2.26. The number of nitrogens with zero attached hydrogens (tertiary/aromatic N) is 2. The van der Waals surface area contributed by atoms with Gasteiger partial charge in [0.15, 0.2) is 17.2 Å². The molecule has 1 aromatic heterocycles. The molecule has 8 heteroatoms. The van der Waals surface area contributed by atoms with E-state index in [4.69, 9.17) is 18.9 Å². The zero-order chi connectivity index (χ0) is 18.2. The van der Waals surface area contributed by atoms with E-state index in [0.29, 0.717) is 17.1 Å². The summed E-state index contributed by atoms with van der Waals surface area (Å²) in [4.78, 5) is 19.8. The monoisotopic (exact) mass is 384 g/mol. The van der Waals surface area contributed by atoms with Crippen LogP contribution in [0.3, 0.4) is 0 Å². The van der Waals surface area contributed by atoms with Crippen molar-refractivity contribution in [2.24, 2.45) is 4.99 Å². The lowest BCUT2D eigenvalue weighted by atomic mass is 10.2. The molecule has 0 saturated carbocycles. The number of fused-ring (bicyclic) bond motifs is 1. The van der Waals surface area contributed by atoms with E-state index in [1.807, 2.05) is 6.07 Å². The zero-order valence-corrected chi connectivity index (χ0v) is 15.2. The van der Waals surface area contributed by atoms with Crippen LogP contribution in [0.4, 0.5) is 5.00 Å². The number of benzene rings is 1. The molecule has 0 aliphatic carbocycles. The minimum atomic E-state index is -0.455. The molecule has 3 aliphatic rings. The quantitative estimate of drug-likeness (QED) is 0.599. The molecule has 0 unspecified atom stereocenters. The van der Waals surface area contributed by atoms with Crippen molar-refractivity contribution in [3.8, 4) is 11.5 Å². The number of anilines is 1. The van der Waals surface area contributed by atoms with Gasteiger partial charge in [-0.3, -0.25) is 0 Å². The van der Waals surface area contributed by atoms with Crippen molar-refractivity contribution in [1.29, 1.82) is 0 Å². The summed E-state index contributed by atoms with van der Waals surface area (Å²) in [6.45, 7) is 3.43. The average molecular weight is 384 g/mol. The average Bonchev–Trinajstić information content (AvgIpc) is 3.43. The summed E-state index contributed by atoms with van der Waals surface area (Å²) in [6, 6.07) is 9.39. The maximum atomic E-state index is 12.2. The number of ether oxygens (including phenoxy) is 4. The van der Waals surface area contributed by atoms with Crippen molar-refractivity contribution in [2.75, 3.05) is 38.0 Å². The molecule has 1 aromatic carbocycles. The number of morpholine rings is 1. The number of cyclic esters (lactones) is 1. The molecule has 1 fully saturated rings. The van der Waals surface area contributed by atoms with Crippen LogP contribution < -0.4 is 14.4 Å². The second-order valence-electron chi connectivity index (χ2n) is 6.18. The summed E-state index contributed by atoms with van der Waals surface area (Å²) in [5.41, 5.74) is 0.967. The van der Waals surface area contributed by atoms with E-state index in [-0.39, 0.29) is 18.4 Å². The van der Waals surface area contributed by atoms with E-state index in [1.54, 1.807) is 35.6 Å². The summed E-state index contributed by atoms with van der Waals surface area (Å²) >= 11 is 1.62. The van der Waals surface area contributed by atoms with Crippen molar-refractivity contribution in [3.05, 3.63) is 46.5 Å². The van der Waals surface area contributed by atoms with Gasteiger partial charge in [0.1, 0.15) is 0 Å². The lowest BCUT2D eigenvalue weighted by Crippen LogP contribution is -2.35. The Bertz CT molecular complexity index is 959. The van der Waals surface area contributed by atoms with Gasteiger partial charge in [-0.05, 0) is 36.4 Å². The second kappa shape index (κ2) is 6.71. The maximum absolute atomic E-state index is 12.2. The number of carbonyl (C=O) groups is 1. The molecule has 138 valence electrons. The van der Waals surface area contributed by atoms with Crippen molar-refractivity contribution >= 4 is 34.3 Å². The van der Waals surface area contributed by atoms with Gasteiger partial charge in [0.05, 0.1) is 18.2 Å². The number of rotatable bonds is 3. The third-order valence-electron chi connectivity index (χ3n) is 4.45. The largest absolute Gasteiger partial charge is 0.454 e. The molecule has 0 amide bonds. The number of thiophene rings is 1. The Labute approximate surface area is 159 Å². The first-order valence-electron chi connectivity index (χ1n) is 8.61. The molecule has 5 rings (SSSR count). The van der Waals surface area contributed by atoms with E-state index in [2.05, 4.69) is 16.0 Å². The molecule has 1 saturated heterocycles. The minimum Gasteiger partial charge on any atom is -0.454 e. The number of aliphatic imine (C=N–C) groups is 1. The van der Waals surface area contributed by atoms with Crippen LogP contribution in [-0.2, 0) is 14.3 Å². The number of hydrogen-bond acceptors (Lipinski definition) is 8. The highest BCUT2D eigenvalue weighted by Crippen LogP contribution is 2.34. The van der Waals surface area contributed by atoms with Gasteiger partial charge >= 0.3 is 5.97 Å². The number of esters is 1. The molecule has 7 nitrogen and oxygen atoms in total. The van der Waals surface area contributed by atoms with Gasteiger partial charge in [0.25, 0.3) is 0 Å². The van der Waals surface area contributed by atoms with Gasteiger partial charge in [0, 0.05) is 23.5 Å². The Morgan fingerprint density at radius 1 is 1.07 bits per heavy atom. The fraction of sp³-hybridized carbons (Fsp3) is 0.263. The summed E-state index contributed by atoms with van der Waals surface area (Å²) in [7, 11) is 0. The van der Waals surface area contributed by atoms with Crippen LogP contribution in [0.5, 0.6) is 11.5 Å². The van der Waals surface area contributed by atoms with Gasteiger partial charge in [-0.1, -0.05) is 0 Å². The van der Waals surface area contributed by atoms with E-state index >= 15 is 0 Å². The summed E-state index contributed by atoms with van der Waals surface area (Å²) in [6.07, 6.45) is 1.76. The Balaban J connectivity index is 1.38. The molecular formula is C19H16N2O5S. The fourth-order valence-corrected chi connectivity index (χ4v) is 4.07. The molecule has 27 heavy (non-hydrogen) atoms. The molecule has 0 N–H and O–H groups in total. The minimum absolute atomic E-state index is 0.195. The van der Waals surface area contributed by atoms with Gasteiger partial charge in [0.2, 0.25) is 12.7 Å². The lowest BCUT2D eigenvalue weighted by molar-refractivity contribution is -0.129. The van der Waals surface area contributed by atoms with Gasteiger partial charge < -0.3 is 23.8 Å². The van der Waals surface area contributed by atoms with Gasteiger partial charge in [-0.25, -0.2) is 9.79 Å². The third-order valence-corrected chi connectivity index (χ3v) is 5.55. The van der Waals surface area contributed by atoms with Crippen molar-refractivity contribution in [3.63, 3.8) is 0 Å². The smallest absolute Gasteiger partial charge is 0.363 e. The summed E-state index contributed by atoms with van der Waals surface area (Å²) < 4.78 is 21.4. The predicted molar refractivity (Wildman–Crippen MR) is 101 cm³/mol. The van der Waals surface area contributed by atoms with Crippen LogP contribution in [0, 0.1) is 0 Å². The van der Waals surface area contributed by atoms with Crippen molar-refractivity contribution in [1.82, 2.24) is 0 Å². The molecule has 3 aliphatic heterocycles. The van der Waals surface area contributed by atoms with Crippen LogP contribution >= 0.6 is 11.3 Å². The van der Waals surface area contributed by atoms with E-state index in [1.165, 1.54) is 0 Å². The predicted octanol–water partition coefficient (Wildman–Crippen LogP) is 2.66. The topological polar surface area (TPSA) is 69.6 Å². The maximum Gasteiger partial charge on any atom is 0.363 e. The summed E-state index contributed by atoms with van der Waals surface area (Å²) in [5.74, 6) is 1.12. The van der Waals surface area contributed by atoms with Crippen LogP contribution in [-0.4, -0.2) is 45.0 Å². The number of carbonyl (C=O) groups excluding carboxylic acids is 1. The Hall–Kier alpha value is -2.84. The second-order valence-corrected chi connectivity index (χ2v) is 7.27. The molecule has 0 bridgehead atoms. The highest BCUT2D eigenvalue weighted by molar-refractivity contribution is 7.16. The van der Waals surface area contributed by atoms with Crippen LogP contribution in [0.1, 0.15) is 10.4 Å². The standard InChI is InChI=1S/C19H16N2O5S/c22-19-14(10-13-2-4-17(27-13)21-5-7-23-8-6-21)20-18(26-19)12-1-3-15-16(9-12)25-11-24-15/h1-4,9-10H,5-8,11H2/b14-10+. The first kappa shape index (κ1) is 16.3. The van der Waals surface area contributed by atoms with Crippen LogP contribution in [0.25, 0.3) is 6.08 Å². The summed E-state index contributed by atoms with van der Waals surface area (Å²) in [5, 5.41) is 1.16. The fourth-order valence-electron chi connectivity index (χ4n) is 3.07.